The van der Waals surface area contributed by atoms with E-state index in [-0.39, 0.29) is 18.8 Å². The fourth-order valence-electron chi connectivity index (χ4n) is 4.22. The molecule has 1 atom stereocenters. The Morgan fingerprint density at radius 1 is 1.16 bits per heavy atom. The Morgan fingerprint density at radius 2 is 2.03 bits per heavy atom. The summed E-state index contributed by atoms with van der Waals surface area (Å²) >= 11 is 6.42. The highest BCUT2D eigenvalue weighted by atomic mass is 35.5. The van der Waals surface area contributed by atoms with Gasteiger partial charge in [-0.25, -0.2) is 19.2 Å². The summed E-state index contributed by atoms with van der Waals surface area (Å²) in [5.74, 6) is -0.461. The molecule has 1 fully saturated rings. The van der Waals surface area contributed by atoms with Crippen LogP contribution in [0.3, 0.4) is 0 Å². The molecule has 2 amide bonds. The van der Waals surface area contributed by atoms with Gasteiger partial charge in [0.25, 0.3) is 0 Å². The van der Waals surface area contributed by atoms with Crippen molar-refractivity contribution in [2.24, 2.45) is 0 Å². The van der Waals surface area contributed by atoms with Crippen molar-refractivity contribution in [3.63, 3.8) is 0 Å². The number of pyridine rings is 1. The Hall–Kier alpha value is -4.51. The molecule has 38 heavy (non-hydrogen) atoms. The largest absolute Gasteiger partial charge is 0.486 e. The molecule has 10 nitrogen and oxygen atoms in total. The molecule has 0 aliphatic carbocycles. The highest BCUT2D eigenvalue weighted by Gasteiger charge is 2.34. The van der Waals surface area contributed by atoms with Crippen molar-refractivity contribution in [2.45, 2.75) is 25.5 Å². The Labute approximate surface area is 221 Å². The van der Waals surface area contributed by atoms with E-state index in [1.807, 2.05) is 18.2 Å². The van der Waals surface area contributed by atoms with Crippen molar-refractivity contribution in [2.75, 3.05) is 17.2 Å². The number of hydrogen-bond donors (Lipinski definition) is 3. The lowest BCUT2D eigenvalue weighted by Gasteiger charge is -2.21. The monoisotopic (exact) mass is 536 g/mol. The van der Waals surface area contributed by atoms with Crippen LogP contribution < -0.4 is 15.4 Å². The smallest absolute Gasteiger partial charge is 0.407 e. The lowest BCUT2D eigenvalue weighted by atomic mass is 10.1. The van der Waals surface area contributed by atoms with Gasteiger partial charge in [-0.15, -0.1) is 0 Å². The number of likely N-dealkylation sites (tertiary alicyclic amines) is 1. The predicted octanol–water partition coefficient (Wildman–Crippen LogP) is 5.22. The zero-order chi connectivity index (χ0) is 26.6. The molecule has 0 radical (unpaired) electrons. The molecule has 0 saturated carbocycles. The number of halogens is 2. The number of benzene rings is 2. The molecule has 2 aromatic carbocycles. The second kappa shape index (κ2) is 10.9. The fourth-order valence-corrected chi connectivity index (χ4v) is 4.46. The molecule has 194 valence electrons. The number of ether oxygens (including phenoxy) is 1. The summed E-state index contributed by atoms with van der Waals surface area (Å²) in [6.45, 7) is 0.514. The number of fused-ring (bicyclic) bond motifs is 1. The number of anilines is 3. The van der Waals surface area contributed by atoms with Gasteiger partial charge in [-0.05, 0) is 49.2 Å². The van der Waals surface area contributed by atoms with E-state index in [0.29, 0.717) is 46.0 Å². The first-order chi connectivity index (χ1) is 18.4. The summed E-state index contributed by atoms with van der Waals surface area (Å²) in [7, 11) is 0. The van der Waals surface area contributed by atoms with Gasteiger partial charge in [0.15, 0.2) is 0 Å². The second-order valence-corrected chi connectivity index (χ2v) is 8.98. The Morgan fingerprint density at radius 3 is 2.79 bits per heavy atom. The van der Waals surface area contributed by atoms with Gasteiger partial charge in [0, 0.05) is 29.9 Å². The molecule has 12 heteroatoms. The Bertz CT molecular complexity index is 1510. The van der Waals surface area contributed by atoms with Gasteiger partial charge < -0.3 is 20.5 Å². The maximum atomic E-state index is 14.8. The van der Waals surface area contributed by atoms with Gasteiger partial charge >= 0.3 is 6.09 Å². The third-order valence-corrected chi connectivity index (χ3v) is 6.37. The van der Waals surface area contributed by atoms with Crippen LogP contribution in [0.5, 0.6) is 5.75 Å². The van der Waals surface area contributed by atoms with E-state index in [4.69, 9.17) is 16.3 Å². The van der Waals surface area contributed by atoms with E-state index in [0.717, 1.165) is 10.6 Å². The summed E-state index contributed by atoms with van der Waals surface area (Å²) < 4.78 is 20.6. The van der Waals surface area contributed by atoms with Crippen molar-refractivity contribution >= 4 is 51.7 Å². The van der Waals surface area contributed by atoms with Crippen LogP contribution in [0.25, 0.3) is 10.9 Å². The maximum absolute atomic E-state index is 14.8. The van der Waals surface area contributed by atoms with Crippen LogP contribution in [0.4, 0.5) is 26.4 Å². The number of carbonyl (C=O) groups is 2. The number of nitrogens with zero attached hydrogens (tertiary/aromatic N) is 4. The fraction of sp³-hybridized carbons (Fsp3) is 0.192. The number of hydrogen-bond acceptors (Lipinski definition) is 7. The normalized spacial score (nSPS) is 14.9. The molecule has 0 spiro atoms. The van der Waals surface area contributed by atoms with Gasteiger partial charge in [-0.2, -0.15) is 0 Å². The lowest BCUT2D eigenvalue weighted by Crippen LogP contribution is -2.42. The number of aromatic nitrogens is 3. The van der Waals surface area contributed by atoms with E-state index in [1.165, 1.54) is 18.5 Å². The Kier molecular flexibility index (Phi) is 7.18. The maximum Gasteiger partial charge on any atom is 0.407 e. The molecule has 4 aromatic rings. The minimum Gasteiger partial charge on any atom is -0.486 e. The number of rotatable bonds is 7. The third-order valence-electron chi connectivity index (χ3n) is 6.08. The van der Waals surface area contributed by atoms with Gasteiger partial charge in [-0.3, -0.25) is 14.7 Å². The average Bonchev–Trinajstić information content (AvgIpc) is 3.40. The molecular formula is C26H22ClFN6O4. The van der Waals surface area contributed by atoms with E-state index >= 15 is 0 Å². The van der Waals surface area contributed by atoms with Crippen molar-refractivity contribution < 1.29 is 23.8 Å². The molecule has 0 unspecified atom stereocenters. The van der Waals surface area contributed by atoms with Gasteiger partial charge in [-0.1, -0.05) is 17.7 Å². The minimum atomic E-state index is -1.19. The molecule has 0 bridgehead atoms. The quantitative estimate of drug-likeness (QED) is 0.293. The molecule has 1 aliphatic heterocycles. The Balaban J connectivity index is 1.35. The summed E-state index contributed by atoms with van der Waals surface area (Å²) in [5, 5.41) is 15.8. The summed E-state index contributed by atoms with van der Waals surface area (Å²) in [6, 6.07) is 12.4. The topological polar surface area (TPSA) is 130 Å². The van der Waals surface area contributed by atoms with Crippen LogP contribution in [0.1, 0.15) is 18.5 Å². The first kappa shape index (κ1) is 25.2. The first-order valence-corrected chi connectivity index (χ1v) is 12.1. The SMILES string of the molecule is O=C(Nc1cc2c(Nc3ccc(OCc4ccccn4)c(Cl)c3)ncnc2cc1F)[C@@H]1CCCN1C(=O)O. The van der Waals surface area contributed by atoms with E-state index < -0.39 is 23.9 Å². The molecule has 1 saturated heterocycles. The van der Waals surface area contributed by atoms with E-state index in [2.05, 4.69) is 25.6 Å². The summed E-state index contributed by atoms with van der Waals surface area (Å²) in [5.41, 5.74) is 1.57. The molecule has 2 aromatic heterocycles. The van der Waals surface area contributed by atoms with Crippen LogP contribution in [0.15, 0.2) is 61.1 Å². The van der Waals surface area contributed by atoms with Crippen molar-refractivity contribution in [1.82, 2.24) is 19.9 Å². The van der Waals surface area contributed by atoms with Crippen LogP contribution in [-0.4, -0.2) is 49.5 Å². The van der Waals surface area contributed by atoms with Gasteiger partial charge in [0.05, 0.1) is 21.9 Å². The van der Waals surface area contributed by atoms with Crippen LogP contribution >= 0.6 is 11.6 Å². The average molecular weight is 537 g/mol. The third kappa shape index (κ3) is 5.42. The summed E-state index contributed by atoms with van der Waals surface area (Å²) in [6.07, 6.45) is 2.71. The predicted molar refractivity (Wildman–Crippen MR) is 139 cm³/mol. The van der Waals surface area contributed by atoms with E-state index in [9.17, 15) is 19.1 Å². The van der Waals surface area contributed by atoms with Gasteiger partial charge in [0.1, 0.15) is 36.4 Å². The van der Waals surface area contributed by atoms with E-state index in [1.54, 1.807) is 24.4 Å². The zero-order valence-electron chi connectivity index (χ0n) is 19.9. The molecule has 1 aliphatic rings. The van der Waals surface area contributed by atoms with Crippen molar-refractivity contribution in [3.05, 3.63) is 77.6 Å². The van der Waals surface area contributed by atoms with Crippen LogP contribution in [0.2, 0.25) is 5.02 Å². The highest BCUT2D eigenvalue weighted by Crippen LogP contribution is 2.32. The zero-order valence-corrected chi connectivity index (χ0v) is 20.7. The number of amides is 2. The van der Waals surface area contributed by atoms with Crippen LogP contribution in [0, 0.1) is 5.82 Å². The lowest BCUT2D eigenvalue weighted by molar-refractivity contribution is -0.119. The number of carboxylic acid groups (broad SMARTS) is 1. The minimum absolute atomic E-state index is 0.103. The standard InChI is InChI=1S/C26H22ClFN6O4/c27-18-10-15(6-7-23(18)38-13-16-4-1-2-8-29-16)32-24-17-11-21(19(28)12-20(17)30-14-31-24)33-25(35)22-5-3-9-34(22)26(36)37/h1-2,4,6-8,10-12,14,22H,3,5,9,13H2,(H,33,35)(H,36,37)(H,30,31,32)/t22-/m0/s1. The number of nitrogens with one attached hydrogen (secondary N) is 2. The first-order valence-electron chi connectivity index (χ1n) is 11.7. The highest BCUT2D eigenvalue weighted by molar-refractivity contribution is 6.32. The molecule has 5 rings (SSSR count). The molecule has 3 heterocycles. The second-order valence-electron chi connectivity index (χ2n) is 8.57. The molecule has 3 N–H and O–H groups in total. The molecular weight excluding hydrogens is 515 g/mol. The van der Waals surface area contributed by atoms with Crippen molar-refractivity contribution in [1.29, 1.82) is 0 Å². The summed E-state index contributed by atoms with van der Waals surface area (Å²) in [4.78, 5) is 37.8. The van der Waals surface area contributed by atoms with Gasteiger partial charge in [0.2, 0.25) is 5.91 Å². The van der Waals surface area contributed by atoms with Crippen LogP contribution in [-0.2, 0) is 11.4 Å². The van der Waals surface area contributed by atoms with Crippen molar-refractivity contribution in [3.8, 4) is 5.75 Å². The number of carbonyl (C=O) groups excluding carboxylic acids is 1.